The van der Waals surface area contributed by atoms with E-state index in [0.29, 0.717) is 21.5 Å². The van der Waals surface area contributed by atoms with Crippen molar-refractivity contribution in [3.8, 4) is 17.6 Å². The number of ether oxygens (including phenoxy) is 2. The molecular formula is C19H14BrN3O4. The van der Waals surface area contributed by atoms with Gasteiger partial charge in [0, 0.05) is 10.0 Å². The van der Waals surface area contributed by atoms with Crippen LogP contribution in [0.3, 0.4) is 0 Å². The van der Waals surface area contributed by atoms with Crippen molar-refractivity contribution in [2.45, 2.75) is 0 Å². The maximum atomic E-state index is 12.7. The van der Waals surface area contributed by atoms with Gasteiger partial charge in [-0.2, -0.15) is 5.26 Å². The molecule has 0 atom stereocenters. The number of carbonyl (C=O) groups is 2. The summed E-state index contributed by atoms with van der Waals surface area (Å²) in [5, 5.41) is 9.98. The minimum Gasteiger partial charge on any atom is -0.493 e. The molecule has 1 saturated heterocycles. The van der Waals surface area contributed by atoms with Crippen LogP contribution in [-0.4, -0.2) is 25.5 Å². The van der Waals surface area contributed by atoms with Crippen LogP contribution in [0, 0.1) is 11.3 Å². The maximum absolute atomic E-state index is 12.7. The zero-order valence-electron chi connectivity index (χ0n) is 14.2. The lowest BCUT2D eigenvalue weighted by Gasteiger charge is -2.14. The number of anilines is 1. The number of nitrogens with one attached hydrogen (secondary N) is 1. The predicted octanol–water partition coefficient (Wildman–Crippen LogP) is 2.82. The maximum Gasteiger partial charge on any atom is 0.282 e. The summed E-state index contributed by atoms with van der Waals surface area (Å²) >= 11 is 3.36. The molecule has 136 valence electrons. The number of para-hydroxylation sites is 1. The number of nitrogens with zero attached hydrogens (tertiary/aromatic N) is 2. The minimum atomic E-state index is -0.533. The Morgan fingerprint density at radius 3 is 2.67 bits per heavy atom. The zero-order chi connectivity index (χ0) is 19.4. The molecule has 1 fully saturated rings. The van der Waals surface area contributed by atoms with Gasteiger partial charge in [-0.25, -0.2) is 5.01 Å². The van der Waals surface area contributed by atoms with Gasteiger partial charge in [0.1, 0.15) is 11.6 Å². The second kappa shape index (κ2) is 7.93. The molecular weight excluding hydrogens is 414 g/mol. The lowest BCUT2D eigenvalue weighted by molar-refractivity contribution is -0.117. The standard InChI is InChI=1S/C19H14BrN3O4/c1-26-16-11-13(20)9-12(17(16)27-8-7-21)10-15-18(24)22-23(19(15)25)14-5-3-2-4-6-14/h2-6,9-11H,8H2,1H3,(H,22,24)/b15-10+. The lowest BCUT2D eigenvalue weighted by atomic mass is 10.1. The summed E-state index contributed by atoms with van der Waals surface area (Å²) in [4.78, 5) is 25.1. The van der Waals surface area contributed by atoms with Gasteiger partial charge in [-0.05, 0) is 30.3 Å². The van der Waals surface area contributed by atoms with Crippen LogP contribution >= 0.6 is 15.9 Å². The topological polar surface area (TPSA) is 91.7 Å². The summed E-state index contributed by atoms with van der Waals surface area (Å²) < 4.78 is 11.4. The second-order valence-corrected chi connectivity index (χ2v) is 6.36. The Balaban J connectivity index is 2.03. The molecule has 1 heterocycles. The smallest absolute Gasteiger partial charge is 0.282 e. The molecule has 2 aromatic carbocycles. The van der Waals surface area contributed by atoms with E-state index in [4.69, 9.17) is 14.7 Å². The number of hydrogen-bond acceptors (Lipinski definition) is 5. The summed E-state index contributed by atoms with van der Waals surface area (Å²) in [6, 6.07) is 14.0. The van der Waals surface area contributed by atoms with E-state index in [1.807, 2.05) is 12.1 Å². The first-order valence-corrected chi connectivity index (χ1v) is 8.64. The van der Waals surface area contributed by atoms with E-state index < -0.39 is 11.8 Å². The summed E-state index contributed by atoms with van der Waals surface area (Å²) in [6.07, 6.45) is 1.42. The SMILES string of the molecule is COc1cc(Br)cc(/C=C2\C(=O)NN(c3ccccc3)C2=O)c1OCC#N. The van der Waals surface area contributed by atoms with Gasteiger partial charge in [-0.1, -0.05) is 34.1 Å². The highest BCUT2D eigenvalue weighted by Crippen LogP contribution is 2.36. The van der Waals surface area contributed by atoms with Crippen molar-refractivity contribution in [3.63, 3.8) is 0 Å². The number of hydrogen-bond donors (Lipinski definition) is 1. The fourth-order valence-corrected chi connectivity index (χ4v) is 3.03. The van der Waals surface area contributed by atoms with Crippen LogP contribution in [0.15, 0.2) is 52.5 Å². The Labute approximate surface area is 163 Å². The molecule has 0 bridgehead atoms. The number of carbonyl (C=O) groups excluding carboxylic acids is 2. The van der Waals surface area contributed by atoms with Gasteiger partial charge in [-0.3, -0.25) is 15.0 Å². The van der Waals surface area contributed by atoms with E-state index in [1.54, 1.807) is 36.4 Å². The van der Waals surface area contributed by atoms with Crippen LogP contribution in [0.5, 0.6) is 11.5 Å². The predicted molar refractivity (Wildman–Crippen MR) is 102 cm³/mol. The lowest BCUT2D eigenvalue weighted by Crippen LogP contribution is -2.35. The third-order valence-corrected chi connectivity index (χ3v) is 4.21. The molecule has 0 saturated carbocycles. The number of hydrazine groups is 1. The van der Waals surface area contributed by atoms with Gasteiger partial charge in [0.15, 0.2) is 18.1 Å². The highest BCUT2D eigenvalue weighted by Gasteiger charge is 2.34. The number of amides is 2. The van der Waals surface area contributed by atoms with E-state index in [0.717, 1.165) is 0 Å². The van der Waals surface area contributed by atoms with Gasteiger partial charge in [0.25, 0.3) is 11.8 Å². The Kier molecular flexibility index (Phi) is 5.43. The van der Waals surface area contributed by atoms with Crippen molar-refractivity contribution in [2.75, 3.05) is 18.7 Å². The van der Waals surface area contributed by atoms with Crippen LogP contribution in [-0.2, 0) is 9.59 Å². The summed E-state index contributed by atoms with van der Waals surface area (Å²) in [7, 11) is 1.46. The quantitative estimate of drug-likeness (QED) is 0.584. The molecule has 7 nitrogen and oxygen atoms in total. The molecule has 2 aromatic rings. The Morgan fingerprint density at radius 1 is 1.26 bits per heavy atom. The van der Waals surface area contributed by atoms with Gasteiger partial charge >= 0.3 is 0 Å². The monoisotopic (exact) mass is 427 g/mol. The average molecular weight is 428 g/mol. The van der Waals surface area contributed by atoms with Crippen molar-refractivity contribution in [1.82, 2.24) is 5.43 Å². The molecule has 0 aromatic heterocycles. The number of nitriles is 1. The molecule has 1 N–H and O–H groups in total. The average Bonchev–Trinajstić information content (AvgIpc) is 2.95. The zero-order valence-corrected chi connectivity index (χ0v) is 15.8. The fourth-order valence-electron chi connectivity index (χ4n) is 2.58. The van der Waals surface area contributed by atoms with E-state index in [2.05, 4.69) is 21.4 Å². The summed E-state index contributed by atoms with van der Waals surface area (Å²) in [5.74, 6) is -0.379. The molecule has 0 aliphatic carbocycles. The second-order valence-electron chi connectivity index (χ2n) is 5.45. The molecule has 0 radical (unpaired) electrons. The van der Waals surface area contributed by atoms with E-state index in [1.165, 1.54) is 18.2 Å². The van der Waals surface area contributed by atoms with Crippen LogP contribution in [0.2, 0.25) is 0 Å². The van der Waals surface area contributed by atoms with Crippen molar-refractivity contribution < 1.29 is 19.1 Å². The Bertz CT molecular complexity index is 967. The van der Waals surface area contributed by atoms with Crippen molar-refractivity contribution >= 4 is 39.5 Å². The van der Waals surface area contributed by atoms with E-state index in [-0.39, 0.29) is 17.9 Å². The van der Waals surface area contributed by atoms with Gasteiger partial charge in [0.2, 0.25) is 0 Å². The van der Waals surface area contributed by atoms with Crippen molar-refractivity contribution in [2.24, 2.45) is 0 Å². The van der Waals surface area contributed by atoms with Gasteiger partial charge in [0.05, 0.1) is 12.8 Å². The molecule has 2 amide bonds. The molecule has 27 heavy (non-hydrogen) atoms. The summed E-state index contributed by atoms with van der Waals surface area (Å²) in [6.45, 7) is -0.204. The Morgan fingerprint density at radius 2 is 2.00 bits per heavy atom. The highest BCUT2D eigenvalue weighted by molar-refractivity contribution is 9.10. The van der Waals surface area contributed by atoms with Crippen LogP contribution in [0.1, 0.15) is 5.56 Å². The van der Waals surface area contributed by atoms with Gasteiger partial charge < -0.3 is 9.47 Å². The molecule has 3 rings (SSSR count). The van der Waals surface area contributed by atoms with E-state index in [9.17, 15) is 9.59 Å². The third-order valence-electron chi connectivity index (χ3n) is 3.76. The van der Waals surface area contributed by atoms with Crippen LogP contribution in [0.4, 0.5) is 5.69 Å². The fraction of sp³-hybridized carbons (Fsp3) is 0.105. The molecule has 1 aliphatic rings. The first-order chi connectivity index (χ1) is 13.0. The molecule has 0 spiro atoms. The number of benzene rings is 2. The summed E-state index contributed by atoms with van der Waals surface area (Å²) in [5.41, 5.74) is 3.47. The van der Waals surface area contributed by atoms with Crippen molar-refractivity contribution in [1.29, 1.82) is 5.26 Å². The van der Waals surface area contributed by atoms with Crippen LogP contribution in [0.25, 0.3) is 6.08 Å². The normalized spacial score (nSPS) is 14.9. The molecule has 0 unspecified atom stereocenters. The number of methoxy groups -OCH3 is 1. The van der Waals surface area contributed by atoms with E-state index >= 15 is 0 Å². The minimum absolute atomic E-state index is 0.0548. The Hall–Kier alpha value is -3.31. The highest BCUT2D eigenvalue weighted by atomic mass is 79.9. The van der Waals surface area contributed by atoms with Crippen molar-refractivity contribution in [3.05, 3.63) is 58.1 Å². The molecule has 1 aliphatic heterocycles. The largest absolute Gasteiger partial charge is 0.493 e. The number of rotatable bonds is 5. The van der Waals surface area contributed by atoms with Gasteiger partial charge in [-0.15, -0.1) is 0 Å². The van der Waals surface area contributed by atoms with Crippen LogP contribution < -0.4 is 19.9 Å². The molecule has 8 heteroatoms. The first-order valence-electron chi connectivity index (χ1n) is 7.84. The first kappa shape index (κ1) is 18.5. The third kappa shape index (κ3) is 3.78. The number of halogens is 1.